The molecule has 42 heavy (non-hydrogen) atoms. The number of rotatable bonds is 14. The van der Waals surface area contributed by atoms with Crippen molar-refractivity contribution in [2.24, 2.45) is 17.1 Å². The molecule has 2 aromatic rings. The summed E-state index contributed by atoms with van der Waals surface area (Å²) in [7, 11) is 0. The zero-order valence-corrected chi connectivity index (χ0v) is 25.5. The monoisotopic (exact) mass is 584 g/mol. The number of nitrogens with one attached hydrogen (secondary N) is 1. The Labute approximate surface area is 248 Å². The maximum atomic E-state index is 14.2. The predicted octanol–water partition coefficient (Wildman–Crippen LogP) is 3.07. The molecule has 1 spiro atoms. The van der Waals surface area contributed by atoms with Crippen molar-refractivity contribution >= 4 is 17.6 Å². The van der Waals surface area contributed by atoms with Crippen molar-refractivity contribution in [3.8, 4) is 11.6 Å². The van der Waals surface area contributed by atoms with Crippen molar-refractivity contribution in [3.63, 3.8) is 0 Å². The van der Waals surface area contributed by atoms with Gasteiger partial charge in [0.1, 0.15) is 17.9 Å². The SMILES string of the molecule is CCN(C(=O)c1cc(F)ccc1Oc1nncnc1N1CCC2(C1)CN(C(CCNCCC(N)=O)C(C)C)C2)C(C)C. The molecule has 1 aromatic carbocycles. The van der Waals surface area contributed by atoms with Gasteiger partial charge in [-0.05, 0) is 64.3 Å². The molecule has 11 nitrogen and oxygen atoms in total. The van der Waals surface area contributed by atoms with Crippen LogP contribution in [0.4, 0.5) is 10.2 Å². The summed E-state index contributed by atoms with van der Waals surface area (Å²) in [5.41, 5.74) is 5.53. The van der Waals surface area contributed by atoms with Gasteiger partial charge < -0.3 is 25.6 Å². The number of nitrogens with zero attached hydrogens (tertiary/aromatic N) is 6. The zero-order chi connectivity index (χ0) is 30.4. The van der Waals surface area contributed by atoms with Gasteiger partial charge in [-0.25, -0.2) is 9.37 Å². The molecule has 1 aromatic heterocycles. The van der Waals surface area contributed by atoms with Gasteiger partial charge in [-0.15, -0.1) is 10.2 Å². The summed E-state index contributed by atoms with van der Waals surface area (Å²) in [6.45, 7) is 15.8. The van der Waals surface area contributed by atoms with E-state index >= 15 is 0 Å². The van der Waals surface area contributed by atoms with Crippen molar-refractivity contribution in [1.29, 1.82) is 0 Å². The van der Waals surface area contributed by atoms with Gasteiger partial charge in [-0.3, -0.25) is 14.5 Å². The molecule has 12 heteroatoms. The van der Waals surface area contributed by atoms with Crippen molar-refractivity contribution in [1.82, 2.24) is 30.3 Å². The normalized spacial score (nSPS) is 17.1. The van der Waals surface area contributed by atoms with Gasteiger partial charge in [0.2, 0.25) is 5.91 Å². The molecule has 3 N–H and O–H groups in total. The van der Waals surface area contributed by atoms with Crippen LogP contribution in [0.15, 0.2) is 24.5 Å². The van der Waals surface area contributed by atoms with E-state index in [2.05, 4.69) is 44.1 Å². The summed E-state index contributed by atoms with van der Waals surface area (Å²) in [6, 6.07) is 4.34. The van der Waals surface area contributed by atoms with E-state index in [1.807, 2.05) is 20.8 Å². The van der Waals surface area contributed by atoms with Crippen LogP contribution in [0.25, 0.3) is 0 Å². The van der Waals surface area contributed by atoms with Crippen molar-refractivity contribution in [2.75, 3.05) is 50.7 Å². The lowest BCUT2D eigenvalue weighted by Gasteiger charge is -2.53. The molecule has 3 heterocycles. The Kier molecular flexibility index (Phi) is 10.3. The second kappa shape index (κ2) is 13.7. The fourth-order valence-corrected chi connectivity index (χ4v) is 6.25. The van der Waals surface area contributed by atoms with Crippen LogP contribution in [0, 0.1) is 17.2 Å². The van der Waals surface area contributed by atoms with E-state index < -0.39 is 5.82 Å². The van der Waals surface area contributed by atoms with E-state index in [0.29, 0.717) is 37.3 Å². The lowest BCUT2D eigenvalue weighted by molar-refractivity contribution is -0.117. The largest absolute Gasteiger partial charge is 0.434 e. The quantitative estimate of drug-likeness (QED) is 0.322. The molecule has 0 bridgehead atoms. The average Bonchev–Trinajstić information content (AvgIpc) is 3.37. The number of carbonyl (C=O) groups is 2. The molecule has 2 aliphatic rings. The highest BCUT2D eigenvalue weighted by molar-refractivity contribution is 5.97. The Balaban J connectivity index is 1.43. The molecule has 1 unspecified atom stereocenters. The van der Waals surface area contributed by atoms with Crippen LogP contribution in [0.5, 0.6) is 11.6 Å². The average molecular weight is 585 g/mol. The van der Waals surface area contributed by atoms with Crippen LogP contribution in [0.2, 0.25) is 0 Å². The number of primary amides is 1. The summed E-state index contributed by atoms with van der Waals surface area (Å²) in [5, 5.41) is 11.5. The Morgan fingerprint density at radius 1 is 1.19 bits per heavy atom. The number of aromatic nitrogens is 3. The third-order valence-electron chi connectivity index (χ3n) is 8.39. The van der Waals surface area contributed by atoms with E-state index in [1.54, 1.807) is 4.90 Å². The molecule has 230 valence electrons. The summed E-state index contributed by atoms with van der Waals surface area (Å²) >= 11 is 0. The second-order valence-electron chi connectivity index (χ2n) is 12.2. The molecule has 0 radical (unpaired) electrons. The first-order valence-electron chi connectivity index (χ1n) is 15.0. The Morgan fingerprint density at radius 3 is 2.62 bits per heavy atom. The minimum absolute atomic E-state index is 0.0522. The minimum Gasteiger partial charge on any atom is -0.434 e. The van der Waals surface area contributed by atoms with Crippen LogP contribution < -0.4 is 20.7 Å². The highest BCUT2D eigenvalue weighted by atomic mass is 19.1. The second-order valence-corrected chi connectivity index (χ2v) is 12.2. The maximum Gasteiger partial charge on any atom is 0.282 e. The van der Waals surface area contributed by atoms with Gasteiger partial charge in [-0.2, -0.15) is 0 Å². The van der Waals surface area contributed by atoms with E-state index in [1.165, 1.54) is 24.5 Å². The number of likely N-dealkylation sites (tertiary alicyclic amines) is 1. The lowest BCUT2D eigenvalue weighted by Crippen LogP contribution is -2.62. The number of nitrogens with two attached hydrogens (primary N) is 1. The van der Waals surface area contributed by atoms with Gasteiger partial charge in [0.05, 0.1) is 5.56 Å². The van der Waals surface area contributed by atoms with Gasteiger partial charge >= 0.3 is 0 Å². The fourth-order valence-electron chi connectivity index (χ4n) is 6.25. The van der Waals surface area contributed by atoms with Crippen LogP contribution in [-0.4, -0.2) is 94.7 Å². The molecule has 1 atom stereocenters. The van der Waals surface area contributed by atoms with Crippen LogP contribution in [0.3, 0.4) is 0 Å². The number of halogens is 1. The molecule has 0 saturated carbocycles. The standard InChI is InChI=1S/C30H45FN8O3/c1-6-39(21(4)5)29(41)23-15-22(31)7-8-25(23)42-28-27(34-19-35-36-28)37-14-11-30(16-37)17-38(18-30)24(20(2)3)9-12-33-13-10-26(32)40/h7-8,15,19-21,24,33H,6,9-14,16-18H2,1-5H3,(H2,32,40). The van der Waals surface area contributed by atoms with Crippen molar-refractivity contribution < 1.29 is 18.7 Å². The van der Waals surface area contributed by atoms with Crippen molar-refractivity contribution in [3.05, 3.63) is 35.9 Å². The molecule has 2 aliphatic heterocycles. The maximum absolute atomic E-state index is 14.2. The smallest absolute Gasteiger partial charge is 0.282 e. The van der Waals surface area contributed by atoms with Gasteiger partial charge in [0.15, 0.2) is 5.82 Å². The summed E-state index contributed by atoms with van der Waals surface area (Å²) in [6.07, 6.45) is 3.78. The molecule has 2 saturated heterocycles. The summed E-state index contributed by atoms with van der Waals surface area (Å²) < 4.78 is 20.4. The molecule has 0 aliphatic carbocycles. The summed E-state index contributed by atoms with van der Waals surface area (Å²) in [4.78, 5) is 35.2. The first-order valence-corrected chi connectivity index (χ1v) is 15.0. The Morgan fingerprint density at radius 2 is 1.95 bits per heavy atom. The third-order valence-corrected chi connectivity index (χ3v) is 8.39. The number of amides is 2. The van der Waals surface area contributed by atoms with Gasteiger partial charge in [0, 0.05) is 63.2 Å². The fraction of sp³-hybridized carbons (Fsp3) is 0.633. The molecular formula is C30H45FN8O3. The first kappa shape index (κ1) is 31.6. The third kappa shape index (κ3) is 7.33. The number of hydrogen-bond acceptors (Lipinski definition) is 9. The first-order chi connectivity index (χ1) is 20.0. The number of ether oxygens (including phenoxy) is 1. The van der Waals surface area contributed by atoms with E-state index in [4.69, 9.17) is 10.5 Å². The van der Waals surface area contributed by atoms with E-state index in [-0.39, 0.29) is 40.5 Å². The molecule has 2 fully saturated rings. The Bertz CT molecular complexity index is 1240. The zero-order valence-electron chi connectivity index (χ0n) is 25.5. The van der Waals surface area contributed by atoms with E-state index in [9.17, 15) is 14.0 Å². The number of anilines is 1. The number of benzene rings is 1. The highest BCUT2D eigenvalue weighted by Gasteiger charge is 2.50. The number of hydrogen-bond donors (Lipinski definition) is 2. The van der Waals surface area contributed by atoms with Gasteiger partial charge in [0.25, 0.3) is 11.8 Å². The van der Waals surface area contributed by atoms with Crippen LogP contribution in [-0.2, 0) is 4.79 Å². The van der Waals surface area contributed by atoms with Crippen molar-refractivity contribution in [2.45, 2.75) is 66.0 Å². The Hall–Kier alpha value is -3.38. The topological polar surface area (TPSA) is 130 Å². The van der Waals surface area contributed by atoms with Crippen LogP contribution >= 0.6 is 0 Å². The number of carbonyl (C=O) groups excluding carboxylic acids is 2. The minimum atomic E-state index is -0.514. The molecular weight excluding hydrogens is 539 g/mol. The highest BCUT2D eigenvalue weighted by Crippen LogP contribution is 2.44. The molecule has 4 rings (SSSR count). The summed E-state index contributed by atoms with van der Waals surface area (Å²) in [5.74, 6) is 0.386. The van der Waals surface area contributed by atoms with Gasteiger partial charge in [-0.1, -0.05) is 13.8 Å². The van der Waals surface area contributed by atoms with Crippen LogP contribution in [0.1, 0.15) is 64.2 Å². The predicted molar refractivity (Wildman–Crippen MR) is 159 cm³/mol. The lowest BCUT2D eigenvalue weighted by atomic mass is 9.76. The van der Waals surface area contributed by atoms with E-state index in [0.717, 1.165) is 45.6 Å². The molecule has 2 amide bonds.